The van der Waals surface area contributed by atoms with Gasteiger partial charge in [-0.2, -0.15) is 0 Å². The molecule has 1 heterocycles. The Balaban J connectivity index is 2.03. The van der Waals surface area contributed by atoms with E-state index in [0.717, 1.165) is 28.3 Å². The molecule has 0 saturated heterocycles. The highest BCUT2D eigenvalue weighted by Gasteiger charge is 2.38. The Morgan fingerprint density at radius 3 is 2.78 bits per heavy atom. The molecular weight excluding hydrogens is 224 g/mol. The summed E-state index contributed by atoms with van der Waals surface area (Å²) in [5.41, 5.74) is 7.59. The van der Waals surface area contributed by atoms with E-state index in [9.17, 15) is 0 Å². The SMILES string of the molecule is CC(C)(Nc1ncnc2ccc(N)cc12)C1CC1. The highest BCUT2D eigenvalue weighted by molar-refractivity contribution is 5.91. The first kappa shape index (κ1) is 11.3. The fraction of sp³-hybridized carbons (Fsp3) is 0.429. The molecule has 0 atom stereocenters. The first-order chi connectivity index (χ1) is 8.56. The van der Waals surface area contributed by atoms with E-state index in [-0.39, 0.29) is 5.54 Å². The molecule has 0 amide bonds. The zero-order chi connectivity index (χ0) is 12.8. The van der Waals surface area contributed by atoms with Crippen molar-refractivity contribution in [1.82, 2.24) is 9.97 Å². The van der Waals surface area contributed by atoms with Crippen molar-refractivity contribution in [2.24, 2.45) is 5.92 Å². The third-order valence-electron chi connectivity index (χ3n) is 3.70. The minimum atomic E-state index is 0.0753. The molecular formula is C14H18N4. The summed E-state index contributed by atoms with van der Waals surface area (Å²) in [6.07, 6.45) is 4.19. The molecule has 0 bridgehead atoms. The van der Waals surface area contributed by atoms with E-state index >= 15 is 0 Å². The molecule has 1 aliphatic rings. The molecule has 0 spiro atoms. The Hall–Kier alpha value is -1.84. The number of nitrogens with zero attached hydrogens (tertiary/aromatic N) is 2. The summed E-state index contributed by atoms with van der Waals surface area (Å²) in [5.74, 6) is 1.62. The van der Waals surface area contributed by atoms with Crippen LogP contribution < -0.4 is 11.1 Å². The van der Waals surface area contributed by atoms with Gasteiger partial charge in [0.15, 0.2) is 0 Å². The zero-order valence-corrected chi connectivity index (χ0v) is 10.8. The van der Waals surface area contributed by atoms with Crippen LogP contribution in [0.15, 0.2) is 24.5 Å². The standard InChI is InChI=1S/C14H18N4/c1-14(2,9-3-4-9)18-13-11-7-10(15)5-6-12(11)16-8-17-13/h5-9H,3-4,15H2,1-2H3,(H,16,17,18). The Labute approximate surface area is 107 Å². The van der Waals surface area contributed by atoms with Crippen LogP contribution in [0.5, 0.6) is 0 Å². The van der Waals surface area contributed by atoms with Crippen molar-refractivity contribution in [3.63, 3.8) is 0 Å². The zero-order valence-electron chi connectivity index (χ0n) is 10.8. The van der Waals surface area contributed by atoms with Crippen LogP contribution in [0.1, 0.15) is 26.7 Å². The fourth-order valence-corrected chi connectivity index (χ4v) is 2.39. The molecule has 3 rings (SSSR count). The van der Waals surface area contributed by atoms with Crippen molar-refractivity contribution in [2.45, 2.75) is 32.2 Å². The van der Waals surface area contributed by atoms with Gasteiger partial charge < -0.3 is 11.1 Å². The van der Waals surface area contributed by atoms with Crippen molar-refractivity contribution < 1.29 is 0 Å². The topological polar surface area (TPSA) is 63.8 Å². The van der Waals surface area contributed by atoms with Crippen LogP contribution in [0.25, 0.3) is 10.9 Å². The smallest absolute Gasteiger partial charge is 0.137 e. The molecule has 0 aliphatic heterocycles. The highest BCUT2D eigenvalue weighted by atomic mass is 15.1. The Kier molecular flexibility index (Phi) is 2.40. The molecule has 2 aromatic rings. The second kappa shape index (κ2) is 3.83. The van der Waals surface area contributed by atoms with E-state index in [1.807, 2.05) is 18.2 Å². The van der Waals surface area contributed by atoms with Gasteiger partial charge in [-0.05, 0) is 50.8 Å². The number of nitrogens with one attached hydrogen (secondary N) is 1. The molecule has 1 aromatic heterocycles. The number of nitrogens with two attached hydrogens (primary N) is 1. The van der Waals surface area contributed by atoms with E-state index in [1.54, 1.807) is 6.33 Å². The summed E-state index contributed by atoms with van der Waals surface area (Å²) in [7, 11) is 0. The van der Waals surface area contributed by atoms with Crippen molar-refractivity contribution in [3.8, 4) is 0 Å². The third kappa shape index (κ3) is 1.98. The molecule has 1 fully saturated rings. The Bertz CT molecular complexity index is 587. The number of fused-ring (bicyclic) bond motifs is 1. The summed E-state index contributed by atoms with van der Waals surface area (Å²) < 4.78 is 0. The van der Waals surface area contributed by atoms with Gasteiger partial charge in [-0.25, -0.2) is 9.97 Å². The lowest BCUT2D eigenvalue weighted by molar-refractivity contribution is 0.493. The van der Waals surface area contributed by atoms with Crippen LogP contribution in [0, 0.1) is 5.92 Å². The van der Waals surface area contributed by atoms with Gasteiger partial charge in [-0.3, -0.25) is 0 Å². The van der Waals surface area contributed by atoms with Gasteiger partial charge in [0.25, 0.3) is 0 Å². The summed E-state index contributed by atoms with van der Waals surface area (Å²) in [6.45, 7) is 4.45. The lowest BCUT2D eigenvalue weighted by Gasteiger charge is -2.27. The minimum absolute atomic E-state index is 0.0753. The van der Waals surface area contributed by atoms with E-state index < -0.39 is 0 Å². The van der Waals surface area contributed by atoms with Gasteiger partial charge in [-0.15, -0.1) is 0 Å². The lowest BCUT2D eigenvalue weighted by atomic mass is 9.98. The fourth-order valence-electron chi connectivity index (χ4n) is 2.39. The van der Waals surface area contributed by atoms with Crippen LogP contribution in [0.4, 0.5) is 11.5 Å². The van der Waals surface area contributed by atoms with Crippen LogP contribution >= 0.6 is 0 Å². The second-order valence-electron chi connectivity index (χ2n) is 5.62. The van der Waals surface area contributed by atoms with E-state index in [0.29, 0.717) is 0 Å². The van der Waals surface area contributed by atoms with Gasteiger partial charge in [0.1, 0.15) is 12.1 Å². The van der Waals surface area contributed by atoms with Crippen LogP contribution in [0.3, 0.4) is 0 Å². The summed E-state index contributed by atoms with van der Waals surface area (Å²) in [6, 6.07) is 5.73. The normalized spacial score (nSPS) is 15.9. The Morgan fingerprint density at radius 2 is 2.06 bits per heavy atom. The number of rotatable bonds is 3. The summed E-state index contributed by atoms with van der Waals surface area (Å²) in [5, 5.41) is 4.54. The van der Waals surface area contributed by atoms with E-state index in [2.05, 4.69) is 29.1 Å². The molecule has 0 unspecified atom stereocenters. The third-order valence-corrected chi connectivity index (χ3v) is 3.70. The van der Waals surface area contributed by atoms with Crippen LogP contribution in [0.2, 0.25) is 0 Å². The predicted octanol–water partition coefficient (Wildman–Crippen LogP) is 2.81. The summed E-state index contributed by atoms with van der Waals surface area (Å²) in [4.78, 5) is 8.63. The number of nitrogen functional groups attached to an aromatic ring is 1. The number of benzene rings is 1. The van der Waals surface area contributed by atoms with E-state index in [4.69, 9.17) is 5.73 Å². The van der Waals surface area contributed by atoms with Gasteiger partial charge in [0, 0.05) is 16.6 Å². The van der Waals surface area contributed by atoms with Gasteiger partial charge >= 0.3 is 0 Å². The van der Waals surface area contributed by atoms with Crippen molar-refractivity contribution in [2.75, 3.05) is 11.1 Å². The maximum absolute atomic E-state index is 5.85. The molecule has 1 saturated carbocycles. The average molecular weight is 242 g/mol. The highest BCUT2D eigenvalue weighted by Crippen LogP contribution is 2.41. The molecule has 4 nitrogen and oxygen atoms in total. The summed E-state index contributed by atoms with van der Waals surface area (Å²) >= 11 is 0. The van der Waals surface area contributed by atoms with Crippen LogP contribution in [-0.4, -0.2) is 15.5 Å². The van der Waals surface area contributed by atoms with Crippen molar-refractivity contribution in [3.05, 3.63) is 24.5 Å². The van der Waals surface area contributed by atoms with Crippen LogP contribution in [-0.2, 0) is 0 Å². The average Bonchev–Trinajstić information content (AvgIpc) is 3.13. The molecule has 4 heteroatoms. The maximum Gasteiger partial charge on any atom is 0.137 e. The maximum atomic E-state index is 5.85. The second-order valence-corrected chi connectivity index (χ2v) is 5.62. The predicted molar refractivity (Wildman–Crippen MR) is 74.4 cm³/mol. The van der Waals surface area contributed by atoms with Gasteiger partial charge in [0.05, 0.1) is 5.52 Å². The number of aromatic nitrogens is 2. The number of anilines is 2. The minimum Gasteiger partial charge on any atom is -0.399 e. The largest absolute Gasteiger partial charge is 0.399 e. The van der Waals surface area contributed by atoms with Crippen molar-refractivity contribution >= 4 is 22.4 Å². The first-order valence-electron chi connectivity index (χ1n) is 6.35. The number of hydrogen-bond donors (Lipinski definition) is 2. The van der Waals surface area contributed by atoms with Gasteiger partial charge in [0.2, 0.25) is 0 Å². The molecule has 1 aromatic carbocycles. The molecule has 1 aliphatic carbocycles. The first-order valence-corrected chi connectivity index (χ1v) is 6.35. The van der Waals surface area contributed by atoms with Gasteiger partial charge in [-0.1, -0.05) is 0 Å². The lowest BCUT2D eigenvalue weighted by Crippen LogP contribution is -2.33. The Morgan fingerprint density at radius 1 is 1.28 bits per heavy atom. The van der Waals surface area contributed by atoms with Crippen molar-refractivity contribution in [1.29, 1.82) is 0 Å². The monoisotopic (exact) mass is 242 g/mol. The molecule has 94 valence electrons. The van der Waals surface area contributed by atoms with E-state index in [1.165, 1.54) is 12.8 Å². The quantitative estimate of drug-likeness (QED) is 0.812. The molecule has 18 heavy (non-hydrogen) atoms. The molecule has 3 N–H and O–H groups in total. The molecule has 0 radical (unpaired) electrons. The number of hydrogen-bond acceptors (Lipinski definition) is 4.